The first-order chi connectivity index (χ1) is 9.35. The Bertz CT molecular complexity index is 482. The molecule has 0 amide bonds. The van der Waals surface area contributed by atoms with Crippen LogP contribution in [0.15, 0.2) is 12.1 Å². The molecule has 1 aliphatic rings. The Kier molecular flexibility index (Phi) is 4.48. The summed E-state index contributed by atoms with van der Waals surface area (Å²) in [5.41, 5.74) is 1.13. The number of rotatable bonds is 3. The quantitative estimate of drug-likeness (QED) is 0.865. The Hall–Kier alpha value is -0.960. The molecule has 0 saturated heterocycles. The predicted molar refractivity (Wildman–Crippen MR) is 78.9 cm³/mol. The molecule has 1 aromatic rings. The molecule has 112 valence electrons. The summed E-state index contributed by atoms with van der Waals surface area (Å²) in [6.45, 7) is 6.91. The Balaban J connectivity index is 2.37. The van der Waals surface area contributed by atoms with Crippen molar-refractivity contribution >= 4 is 0 Å². The maximum absolute atomic E-state index is 14.3. The van der Waals surface area contributed by atoms with Crippen LogP contribution in [0.2, 0.25) is 0 Å². The normalized spacial score (nSPS) is 25.7. The first-order valence-electron chi connectivity index (χ1n) is 7.45. The van der Waals surface area contributed by atoms with E-state index in [2.05, 4.69) is 19.2 Å². The van der Waals surface area contributed by atoms with E-state index in [1.54, 1.807) is 19.1 Å². The second-order valence-electron chi connectivity index (χ2n) is 6.93. The van der Waals surface area contributed by atoms with Gasteiger partial charge in [0, 0.05) is 0 Å². The zero-order valence-electron chi connectivity index (χ0n) is 12.9. The smallest absolute Gasteiger partial charge is 0.162 e. The molecule has 0 spiro atoms. The van der Waals surface area contributed by atoms with Gasteiger partial charge in [0.25, 0.3) is 0 Å². The van der Waals surface area contributed by atoms with E-state index in [1.807, 2.05) is 7.05 Å². The molecule has 1 fully saturated rings. The fraction of sp³-hybridized carbons (Fsp3) is 0.647. The Morgan fingerprint density at radius 3 is 2.60 bits per heavy atom. The monoisotopic (exact) mass is 281 g/mol. The highest BCUT2D eigenvalue weighted by molar-refractivity contribution is 5.29. The minimum Gasteiger partial charge on any atom is -0.319 e. The summed E-state index contributed by atoms with van der Waals surface area (Å²) in [5, 5.41) is 3.19. The van der Waals surface area contributed by atoms with Gasteiger partial charge in [0.2, 0.25) is 0 Å². The predicted octanol–water partition coefficient (Wildman–Crippen LogP) is 4.40. The van der Waals surface area contributed by atoms with Gasteiger partial charge in [-0.25, -0.2) is 8.78 Å². The number of nitrogens with one attached hydrogen (secondary N) is 1. The second-order valence-corrected chi connectivity index (χ2v) is 6.93. The van der Waals surface area contributed by atoms with E-state index in [0.717, 1.165) is 25.8 Å². The van der Waals surface area contributed by atoms with Gasteiger partial charge in [-0.3, -0.25) is 0 Å². The number of aryl methyl sites for hydroxylation is 1. The van der Waals surface area contributed by atoms with E-state index in [4.69, 9.17) is 0 Å². The summed E-state index contributed by atoms with van der Waals surface area (Å²) in [7, 11) is 1.92. The highest BCUT2D eigenvalue weighted by atomic mass is 19.2. The summed E-state index contributed by atoms with van der Waals surface area (Å²) < 4.78 is 28.2. The molecular formula is C17H25F2N. The third-order valence-electron chi connectivity index (χ3n) is 4.70. The third kappa shape index (κ3) is 3.03. The lowest BCUT2D eigenvalue weighted by Gasteiger charge is -2.41. The Morgan fingerprint density at radius 1 is 1.25 bits per heavy atom. The molecule has 2 atom stereocenters. The zero-order valence-corrected chi connectivity index (χ0v) is 12.9. The van der Waals surface area contributed by atoms with Crippen LogP contribution < -0.4 is 5.32 Å². The van der Waals surface area contributed by atoms with E-state index >= 15 is 0 Å². The lowest BCUT2D eigenvalue weighted by molar-refractivity contribution is 0.158. The number of halogens is 2. The molecule has 1 aromatic carbocycles. The van der Waals surface area contributed by atoms with Crippen molar-refractivity contribution < 1.29 is 8.78 Å². The van der Waals surface area contributed by atoms with E-state index < -0.39 is 11.6 Å². The molecule has 0 aliphatic heterocycles. The van der Waals surface area contributed by atoms with Crippen molar-refractivity contribution in [1.29, 1.82) is 0 Å². The topological polar surface area (TPSA) is 12.0 Å². The average Bonchev–Trinajstić information content (AvgIpc) is 2.38. The highest BCUT2D eigenvalue weighted by Gasteiger charge is 2.37. The molecule has 0 heterocycles. The Labute approximate surface area is 120 Å². The van der Waals surface area contributed by atoms with E-state index in [-0.39, 0.29) is 11.3 Å². The van der Waals surface area contributed by atoms with E-state index in [1.165, 1.54) is 0 Å². The summed E-state index contributed by atoms with van der Waals surface area (Å²) in [4.78, 5) is 0. The third-order valence-corrected chi connectivity index (χ3v) is 4.70. The average molecular weight is 281 g/mol. The molecule has 1 nitrogen and oxygen atoms in total. The minimum atomic E-state index is -0.686. The van der Waals surface area contributed by atoms with Crippen molar-refractivity contribution in [1.82, 2.24) is 5.32 Å². The molecule has 2 unspecified atom stereocenters. The molecular weight excluding hydrogens is 256 g/mol. The first kappa shape index (κ1) is 15.4. The van der Waals surface area contributed by atoms with Crippen LogP contribution in [0.4, 0.5) is 8.78 Å². The molecule has 0 bridgehead atoms. The standard InChI is InChI=1S/C17H25F2N/c1-11-5-6-13(16(19)15(11)18)14-9-17(2,3)8-7-12(14)10-20-4/h5-6,12,14,20H,7-10H2,1-4H3. The maximum atomic E-state index is 14.3. The van der Waals surface area contributed by atoms with E-state index in [0.29, 0.717) is 17.0 Å². The van der Waals surface area contributed by atoms with Crippen LogP contribution in [0.25, 0.3) is 0 Å². The highest BCUT2D eigenvalue weighted by Crippen LogP contribution is 2.47. The van der Waals surface area contributed by atoms with Gasteiger partial charge < -0.3 is 5.32 Å². The first-order valence-corrected chi connectivity index (χ1v) is 7.45. The van der Waals surface area contributed by atoms with Gasteiger partial charge in [0.05, 0.1) is 0 Å². The van der Waals surface area contributed by atoms with Gasteiger partial charge in [-0.1, -0.05) is 26.0 Å². The molecule has 1 aliphatic carbocycles. The maximum Gasteiger partial charge on any atom is 0.162 e. The zero-order chi connectivity index (χ0) is 14.9. The van der Waals surface area contributed by atoms with Gasteiger partial charge in [0.15, 0.2) is 11.6 Å². The van der Waals surface area contributed by atoms with E-state index in [9.17, 15) is 8.78 Å². The van der Waals surface area contributed by atoms with Gasteiger partial charge >= 0.3 is 0 Å². The van der Waals surface area contributed by atoms with Crippen LogP contribution in [0.5, 0.6) is 0 Å². The molecule has 0 aromatic heterocycles. The molecule has 1 saturated carbocycles. The largest absolute Gasteiger partial charge is 0.319 e. The number of benzene rings is 1. The van der Waals surface area contributed by atoms with Crippen LogP contribution in [0, 0.1) is 29.9 Å². The summed E-state index contributed by atoms with van der Waals surface area (Å²) >= 11 is 0. The molecule has 20 heavy (non-hydrogen) atoms. The number of hydrogen-bond donors (Lipinski definition) is 1. The van der Waals surface area contributed by atoms with Gasteiger partial charge in [-0.2, -0.15) is 0 Å². The summed E-state index contributed by atoms with van der Waals surface area (Å²) in [6.07, 6.45) is 3.12. The van der Waals surface area contributed by atoms with Crippen molar-refractivity contribution in [3.05, 3.63) is 34.9 Å². The van der Waals surface area contributed by atoms with Crippen molar-refractivity contribution in [2.75, 3.05) is 13.6 Å². The summed E-state index contributed by atoms with van der Waals surface area (Å²) in [5.74, 6) is -0.853. The van der Waals surface area contributed by atoms with Crippen molar-refractivity contribution in [3.63, 3.8) is 0 Å². The van der Waals surface area contributed by atoms with Crippen LogP contribution in [0.1, 0.15) is 50.2 Å². The van der Waals surface area contributed by atoms with Gasteiger partial charge in [0.1, 0.15) is 0 Å². The fourth-order valence-corrected chi connectivity index (χ4v) is 3.46. The van der Waals surface area contributed by atoms with Crippen molar-refractivity contribution in [2.24, 2.45) is 11.3 Å². The molecule has 1 N–H and O–H groups in total. The lowest BCUT2D eigenvalue weighted by Crippen LogP contribution is -2.34. The molecule has 0 radical (unpaired) electrons. The van der Waals surface area contributed by atoms with Crippen LogP contribution in [-0.4, -0.2) is 13.6 Å². The van der Waals surface area contributed by atoms with Gasteiger partial charge in [-0.05, 0) is 68.2 Å². The van der Waals surface area contributed by atoms with Crippen LogP contribution in [-0.2, 0) is 0 Å². The minimum absolute atomic E-state index is 0.0984. The van der Waals surface area contributed by atoms with Crippen LogP contribution >= 0.6 is 0 Å². The second kappa shape index (κ2) is 5.80. The van der Waals surface area contributed by atoms with Crippen molar-refractivity contribution in [3.8, 4) is 0 Å². The molecule has 3 heteroatoms. The SMILES string of the molecule is CNCC1CCC(C)(C)CC1c1ccc(C)c(F)c1F. The van der Waals surface area contributed by atoms with Crippen molar-refractivity contribution in [2.45, 2.75) is 46.0 Å². The fourth-order valence-electron chi connectivity index (χ4n) is 3.46. The number of hydrogen-bond acceptors (Lipinski definition) is 1. The summed E-state index contributed by atoms with van der Waals surface area (Å²) in [6, 6.07) is 3.48. The lowest BCUT2D eigenvalue weighted by atomic mass is 9.65. The Morgan fingerprint density at radius 2 is 1.95 bits per heavy atom. The molecule has 2 rings (SSSR count). The van der Waals surface area contributed by atoms with Gasteiger partial charge in [-0.15, -0.1) is 0 Å². The van der Waals surface area contributed by atoms with Crippen LogP contribution in [0.3, 0.4) is 0 Å².